The summed E-state index contributed by atoms with van der Waals surface area (Å²) in [6, 6.07) is 5.42. The van der Waals surface area contributed by atoms with Crippen LogP contribution in [0.15, 0.2) is 18.2 Å². The van der Waals surface area contributed by atoms with Crippen molar-refractivity contribution in [1.82, 2.24) is 5.32 Å². The summed E-state index contributed by atoms with van der Waals surface area (Å²) in [6.45, 7) is 2.44. The molecule has 5 heteroatoms. The monoisotopic (exact) mass is 291 g/mol. The smallest absolute Gasteiger partial charge is 0.255 e. The highest BCUT2D eigenvalue weighted by Gasteiger charge is 2.42. The zero-order valence-electron chi connectivity index (χ0n) is 12.3. The van der Waals surface area contributed by atoms with Crippen molar-refractivity contribution in [1.29, 1.82) is 0 Å². The molecule has 0 spiro atoms. The van der Waals surface area contributed by atoms with E-state index in [-0.39, 0.29) is 11.3 Å². The SMILES string of the molecule is COCCC1(CNC(=O)c2cccc3c2OCCO3)CC1. The van der Waals surface area contributed by atoms with Crippen LogP contribution in [-0.4, -0.2) is 39.4 Å². The fourth-order valence-corrected chi connectivity index (χ4v) is 2.63. The maximum absolute atomic E-state index is 12.4. The van der Waals surface area contributed by atoms with E-state index in [1.807, 2.05) is 12.1 Å². The second-order valence-corrected chi connectivity index (χ2v) is 5.76. The van der Waals surface area contributed by atoms with Gasteiger partial charge in [0.05, 0.1) is 5.56 Å². The Morgan fingerprint density at radius 3 is 2.90 bits per heavy atom. The number of fused-ring (bicyclic) bond motifs is 1. The molecule has 1 aromatic carbocycles. The molecule has 1 aliphatic carbocycles. The summed E-state index contributed by atoms with van der Waals surface area (Å²) in [5.74, 6) is 1.11. The lowest BCUT2D eigenvalue weighted by atomic mass is 10.0. The highest BCUT2D eigenvalue weighted by atomic mass is 16.6. The minimum absolute atomic E-state index is 0.0963. The van der Waals surface area contributed by atoms with Crippen molar-refractivity contribution in [3.05, 3.63) is 23.8 Å². The third-order valence-electron chi connectivity index (χ3n) is 4.23. The third kappa shape index (κ3) is 3.13. The molecule has 1 fully saturated rings. The van der Waals surface area contributed by atoms with E-state index in [4.69, 9.17) is 14.2 Å². The van der Waals surface area contributed by atoms with Crippen LogP contribution in [0.2, 0.25) is 0 Å². The summed E-state index contributed by atoms with van der Waals surface area (Å²) in [4.78, 5) is 12.4. The van der Waals surface area contributed by atoms with Crippen LogP contribution in [0, 0.1) is 5.41 Å². The predicted molar refractivity (Wildman–Crippen MR) is 77.9 cm³/mol. The highest BCUT2D eigenvalue weighted by molar-refractivity contribution is 5.97. The normalized spacial score (nSPS) is 18.1. The number of amides is 1. The second kappa shape index (κ2) is 5.93. The molecule has 1 N–H and O–H groups in total. The van der Waals surface area contributed by atoms with Gasteiger partial charge in [0, 0.05) is 20.3 Å². The molecule has 3 rings (SSSR count). The highest BCUT2D eigenvalue weighted by Crippen LogP contribution is 2.48. The Morgan fingerprint density at radius 1 is 1.33 bits per heavy atom. The maximum atomic E-state index is 12.4. The number of hydrogen-bond donors (Lipinski definition) is 1. The first-order valence-corrected chi connectivity index (χ1v) is 7.40. The van der Waals surface area contributed by atoms with Crippen molar-refractivity contribution in [2.75, 3.05) is 33.5 Å². The van der Waals surface area contributed by atoms with Crippen LogP contribution in [0.4, 0.5) is 0 Å². The van der Waals surface area contributed by atoms with Crippen LogP contribution in [0.1, 0.15) is 29.6 Å². The molecule has 2 aliphatic rings. The topological polar surface area (TPSA) is 56.8 Å². The Bertz CT molecular complexity index is 525. The van der Waals surface area contributed by atoms with E-state index in [2.05, 4.69) is 5.32 Å². The van der Waals surface area contributed by atoms with Gasteiger partial charge in [0.15, 0.2) is 11.5 Å². The van der Waals surface area contributed by atoms with Gasteiger partial charge in [0.2, 0.25) is 0 Å². The number of methoxy groups -OCH3 is 1. The van der Waals surface area contributed by atoms with E-state index in [0.717, 1.165) is 25.9 Å². The molecule has 21 heavy (non-hydrogen) atoms. The Kier molecular flexibility index (Phi) is 4.01. The number of benzene rings is 1. The van der Waals surface area contributed by atoms with Gasteiger partial charge in [-0.05, 0) is 36.8 Å². The van der Waals surface area contributed by atoms with Crippen LogP contribution in [0.3, 0.4) is 0 Å². The lowest BCUT2D eigenvalue weighted by Gasteiger charge is -2.21. The number of carbonyl (C=O) groups excluding carboxylic acids is 1. The first-order chi connectivity index (χ1) is 10.2. The van der Waals surface area contributed by atoms with Gasteiger partial charge in [-0.2, -0.15) is 0 Å². The van der Waals surface area contributed by atoms with Gasteiger partial charge in [-0.3, -0.25) is 4.79 Å². The van der Waals surface area contributed by atoms with Gasteiger partial charge in [0.25, 0.3) is 5.91 Å². The Labute approximate surface area is 124 Å². The Hall–Kier alpha value is -1.75. The van der Waals surface area contributed by atoms with Crippen LogP contribution in [0.5, 0.6) is 11.5 Å². The van der Waals surface area contributed by atoms with E-state index in [9.17, 15) is 4.79 Å². The molecule has 0 aromatic heterocycles. The molecule has 1 amide bonds. The molecule has 0 bridgehead atoms. The van der Waals surface area contributed by atoms with Crippen molar-refractivity contribution in [2.24, 2.45) is 5.41 Å². The molecular formula is C16H21NO4. The van der Waals surface area contributed by atoms with Crippen LogP contribution < -0.4 is 14.8 Å². The fraction of sp³-hybridized carbons (Fsp3) is 0.562. The Morgan fingerprint density at radius 2 is 2.14 bits per heavy atom. The molecular weight excluding hydrogens is 270 g/mol. The molecule has 1 saturated carbocycles. The van der Waals surface area contributed by atoms with E-state index < -0.39 is 0 Å². The quantitative estimate of drug-likeness (QED) is 0.871. The largest absolute Gasteiger partial charge is 0.486 e. The van der Waals surface area contributed by atoms with Crippen molar-refractivity contribution in [2.45, 2.75) is 19.3 Å². The second-order valence-electron chi connectivity index (χ2n) is 5.76. The zero-order valence-corrected chi connectivity index (χ0v) is 12.3. The van der Waals surface area contributed by atoms with Gasteiger partial charge >= 0.3 is 0 Å². The number of nitrogens with one attached hydrogen (secondary N) is 1. The fourth-order valence-electron chi connectivity index (χ4n) is 2.63. The molecule has 5 nitrogen and oxygen atoms in total. The number of carbonyl (C=O) groups is 1. The molecule has 114 valence electrons. The third-order valence-corrected chi connectivity index (χ3v) is 4.23. The summed E-state index contributed by atoms with van der Waals surface area (Å²) in [6.07, 6.45) is 3.31. The summed E-state index contributed by atoms with van der Waals surface area (Å²) in [7, 11) is 1.71. The van der Waals surface area contributed by atoms with Crippen molar-refractivity contribution < 1.29 is 19.0 Å². The molecule has 1 aromatic rings. The predicted octanol–water partition coefficient (Wildman–Crippen LogP) is 2.00. The summed E-state index contributed by atoms with van der Waals surface area (Å²) in [5, 5.41) is 3.03. The van der Waals surface area contributed by atoms with Crippen LogP contribution in [-0.2, 0) is 4.74 Å². The van der Waals surface area contributed by atoms with Crippen LogP contribution in [0.25, 0.3) is 0 Å². The van der Waals surface area contributed by atoms with Gasteiger partial charge in [-0.25, -0.2) is 0 Å². The van der Waals surface area contributed by atoms with Gasteiger partial charge < -0.3 is 19.5 Å². The van der Waals surface area contributed by atoms with Crippen molar-refractivity contribution >= 4 is 5.91 Å². The Balaban J connectivity index is 1.64. The molecule has 0 saturated heterocycles. The van der Waals surface area contributed by atoms with E-state index in [0.29, 0.717) is 36.8 Å². The average molecular weight is 291 g/mol. The molecule has 1 heterocycles. The summed E-state index contributed by atoms with van der Waals surface area (Å²) >= 11 is 0. The minimum atomic E-state index is -0.0963. The standard InChI is InChI=1S/C16H21NO4/c1-19-8-7-16(5-6-16)11-17-15(18)12-3-2-4-13-14(12)21-10-9-20-13/h2-4H,5-11H2,1H3,(H,17,18). The summed E-state index contributed by atoms with van der Waals surface area (Å²) < 4.78 is 16.2. The van der Waals surface area contributed by atoms with Gasteiger partial charge in [0.1, 0.15) is 13.2 Å². The maximum Gasteiger partial charge on any atom is 0.255 e. The molecule has 0 radical (unpaired) electrons. The van der Waals surface area contributed by atoms with E-state index in [1.165, 1.54) is 0 Å². The first kappa shape index (κ1) is 14.2. The van der Waals surface area contributed by atoms with E-state index >= 15 is 0 Å². The number of hydrogen-bond acceptors (Lipinski definition) is 4. The number of para-hydroxylation sites is 1. The van der Waals surface area contributed by atoms with Crippen LogP contribution >= 0.6 is 0 Å². The van der Waals surface area contributed by atoms with Gasteiger partial charge in [-0.15, -0.1) is 0 Å². The van der Waals surface area contributed by atoms with Crippen molar-refractivity contribution in [3.8, 4) is 11.5 Å². The molecule has 0 unspecified atom stereocenters. The van der Waals surface area contributed by atoms with E-state index in [1.54, 1.807) is 13.2 Å². The molecule has 1 aliphatic heterocycles. The van der Waals surface area contributed by atoms with Gasteiger partial charge in [-0.1, -0.05) is 6.07 Å². The summed E-state index contributed by atoms with van der Waals surface area (Å²) in [5.41, 5.74) is 0.785. The minimum Gasteiger partial charge on any atom is -0.486 e. The van der Waals surface area contributed by atoms with Crippen molar-refractivity contribution in [3.63, 3.8) is 0 Å². The lowest BCUT2D eigenvalue weighted by molar-refractivity contribution is 0.0927. The molecule has 0 atom stereocenters. The first-order valence-electron chi connectivity index (χ1n) is 7.40. The average Bonchev–Trinajstić information content (AvgIpc) is 3.30. The number of rotatable bonds is 6. The number of ether oxygens (including phenoxy) is 3. The lowest BCUT2D eigenvalue weighted by Crippen LogP contribution is -2.31. The zero-order chi connectivity index (χ0) is 14.7.